The number of anilines is 2. The average Bonchev–Trinajstić information content (AvgIpc) is 2.92. The second-order valence-electron chi connectivity index (χ2n) is 5.69. The summed E-state index contributed by atoms with van der Waals surface area (Å²) < 4.78 is 10.6. The Balaban J connectivity index is 1.75. The highest BCUT2D eigenvalue weighted by Gasteiger charge is 2.35. The second kappa shape index (κ2) is 4.88. The fraction of sp³-hybridized carbons (Fsp3) is 0.467. The van der Waals surface area contributed by atoms with Crippen LogP contribution in [0.2, 0.25) is 0 Å². The van der Waals surface area contributed by atoms with Gasteiger partial charge in [-0.25, -0.2) is 4.79 Å². The molecule has 1 saturated heterocycles. The number of carbonyl (C=O) groups is 2. The van der Waals surface area contributed by atoms with Crippen LogP contribution in [0.15, 0.2) is 12.1 Å². The molecule has 0 saturated carbocycles. The van der Waals surface area contributed by atoms with Gasteiger partial charge in [0, 0.05) is 12.6 Å². The Bertz CT molecular complexity index is 642. The van der Waals surface area contributed by atoms with Gasteiger partial charge in [-0.15, -0.1) is 0 Å². The lowest BCUT2D eigenvalue weighted by Gasteiger charge is -2.35. The fourth-order valence-corrected chi connectivity index (χ4v) is 3.25. The summed E-state index contributed by atoms with van der Waals surface area (Å²) in [7, 11) is 0. The van der Waals surface area contributed by atoms with Gasteiger partial charge in [-0.05, 0) is 24.5 Å². The molecule has 0 aliphatic carbocycles. The number of ether oxygens (including phenoxy) is 2. The molecule has 1 atom stereocenters. The van der Waals surface area contributed by atoms with Crippen LogP contribution < -0.4 is 14.5 Å². The standard InChI is InChI=1S/C15H16N2O5/c18-7-11-6-17(15(20)22-11)10-4-9-2-1-3-16-13(19)8-21-12(5-10)14(9)16/h4-5,11,18H,1-3,6-8H2/t11-/m1/s1. The van der Waals surface area contributed by atoms with Crippen molar-refractivity contribution in [2.24, 2.45) is 0 Å². The molecular formula is C15H16N2O5. The normalized spacial score (nSPS) is 23.2. The van der Waals surface area contributed by atoms with E-state index in [4.69, 9.17) is 14.6 Å². The highest BCUT2D eigenvalue weighted by molar-refractivity contribution is 6.00. The average molecular weight is 304 g/mol. The van der Waals surface area contributed by atoms with E-state index in [9.17, 15) is 9.59 Å². The number of amides is 2. The summed E-state index contributed by atoms with van der Waals surface area (Å²) in [5.41, 5.74) is 2.52. The zero-order valence-electron chi connectivity index (χ0n) is 11.9. The molecule has 3 aliphatic rings. The van der Waals surface area contributed by atoms with Gasteiger partial charge in [0.1, 0.15) is 11.9 Å². The monoisotopic (exact) mass is 304 g/mol. The SMILES string of the molecule is O=C1O[C@@H](CO)CN1c1cc2c3c(c1)OCC(=O)N3CCC2. The number of nitrogens with zero attached hydrogens (tertiary/aromatic N) is 2. The lowest BCUT2D eigenvalue weighted by Crippen LogP contribution is -2.42. The number of aryl methyl sites for hydroxylation is 1. The molecule has 2 amide bonds. The van der Waals surface area contributed by atoms with E-state index in [1.165, 1.54) is 4.90 Å². The van der Waals surface area contributed by atoms with Crippen LogP contribution in [0.25, 0.3) is 0 Å². The Hall–Kier alpha value is -2.28. The number of carbonyl (C=O) groups excluding carboxylic acids is 2. The number of cyclic esters (lactones) is 1. The third-order valence-corrected chi connectivity index (χ3v) is 4.28. The summed E-state index contributed by atoms with van der Waals surface area (Å²) in [5, 5.41) is 9.14. The van der Waals surface area contributed by atoms with Crippen LogP contribution in [-0.4, -0.2) is 49.5 Å². The van der Waals surface area contributed by atoms with Gasteiger partial charge in [0.15, 0.2) is 6.61 Å². The van der Waals surface area contributed by atoms with E-state index in [2.05, 4.69) is 0 Å². The quantitative estimate of drug-likeness (QED) is 0.869. The second-order valence-corrected chi connectivity index (χ2v) is 5.69. The Morgan fingerprint density at radius 3 is 2.91 bits per heavy atom. The van der Waals surface area contributed by atoms with Crippen molar-refractivity contribution in [2.45, 2.75) is 18.9 Å². The number of aliphatic hydroxyl groups is 1. The number of hydrogen-bond acceptors (Lipinski definition) is 5. The molecule has 0 radical (unpaired) electrons. The van der Waals surface area contributed by atoms with Crippen molar-refractivity contribution < 1.29 is 24.2 Å². The highest BCUT2D eigenvalue weighted by atomic mass is 16.6. The lowest BCUT2D eigenvalue weighted by molar-refractivity contribution is -0.121. The molecule has 116 valence electrons. The summed E-state index contributed by atoms with van der Waals surface area (Å²) in [6.07, 6.45) is 0.769. The van der Waals surface area contributed by atoms with Crippen LogP contribution in [0.3, 0.4) is 0 Å². The van der Waals surface area contributed by atoms with Crippen LogP contribution in [0.1, 0.15) is 12.0 Å². The van der Waals surface area contributed by atoms with Crippen LogP contribution in [0.4, 0.5) is 16.2 Å². The third-order valence-electron chi connectivity index (χ3n) is 4.28. The molecule has 0 unspecified atom stereocenters. The van der Waals surface area contributed by atoms with Crippen molar-refractivity contribution in [3.63, 3.8) is 0 Å². The van der Waals surface area contributed by atoms with Gasteiger partial charge < -0.3 is 19.5 Å². The molecule has 0 bridgehead atoms. The minimum Gasteiger partial charge on any atom is -0.481 e. The van der Waals surface area contributed by atoms with Gasteiger partial charge in [0.2, 0.25) is 0 Å². The first kappa shape index (κ1) is 13.4. The van der Waals surface area contributed by atoms with Gasteiger partial charge in [-0.3, -0.25) is 9.69 Å². The first-order chi connectivity index (χ1) is 10.7. The Kier molecular flexibility index (Phi) is 2.97. The summed E-state index contributed by atoms with van der Waals surface area (Å²) >= 11 is 0. The maximum Gasteiger partial charge on any atom is 0.414 e. The molecular weight excluding hydrogens is 288 g/mol. The molecule has 3 aliphatic heterocycles. The number of rotatable bonds is 2. The maximum atomic E-state index is 11.9. The maximum absolute atomic E-state index is 11.9. The molecule has 1 aromatic rings. The van der Waals surface area contributed by atoms with E-state index >= 15 is 0 Å². The number of benzene rings is 1. The molecule has 0 spiro atoms. The first-order valence-corrected chi connectivity index (χ1v) is 7.36. The van der Waals surface area contributed by atoms with Crippen LogP contribution >= 0.6 is 0 Å². The largest absolute Gasteiger partial charge is 0.481 e. The predicted molar refractivity (Wildman–Crippen MR) is 77.3 cm³/mol. The molecule has 7 heteroatoms. The predicted octanol–water partition coefficient (Wildman–Crippen LogP) is 0.676. The highest BCUT2D eigenvalue weighted by Crippen LogP contribution is 2.42. The summed E-state index contributed by atoms with van der Waals surface area (Å²) in [6.45, 7) is 0.856. The van der Waals surface area contributed by atoms with Crippen molar-refractivity contribution in [3.8, 4) is 5.75 Å². The fourth-order valence-electron chi connectivity index (χ4n) is 3.25. The minimum atomic E-state index is -0.501. The van der Waals surface area contributed by atoms with Gasteiger partial charge in [0.25, 0.3) is 5.91 Å². The summed E-state index contributed by atoms with van der Waals surface area (Å²) in [5.74, 6) is 0.606. The van der Waals surface area contributed by atoms with Gasteiger partial charge in [0.05, 0.1) is 24.5 Å². The van der Waals surface area contributed by atoms with Crippen molar-refractivity contribution in [3.05, 3.63) is 17.7 Å². The summed E-state index contributed by atoms with van der Waals surface area (Å²) in [4.78, 5) is 27.1. The Morgan fingerprint density at radius 1 is 1.27 bits per heavy atom. The van der Waals surface area contributed by atoms with Crippen molar-refractivity contribution in [1.29, 1.82) is 0 Å². The van der Waals surface area contributed by atoms with E-state index in [0.29, 0.717) is 24.5 Å². The number of hydrogen-bond donors (Lipinski definition) is 1. The van der Waals surface area contributed by atoms with Crippen molar-refractivity contribution >= 4 is 23.4 Å². The first-order valence-electron chi connectivity index (χ1n) is 7.36. The zero-order chi connectivity index (χ0) is 15.3. The molecule has 4 rings (SSSR count). The van der Waals surface area contributed by atoms with E-state index < -0.39 is 12.2 Å². The minimum absolute atomic E-state index is 0.0258. The van der Waals surface area contributed by atoms with Crippen LogP contribution in [-0.2, 0) is 16.0 Å². The molecule has 3 heterocycles. The van der Waals surface area contributed by atoms with Crippen molar-refractivity contribution in [1.82, 2.24) is 0 Å². The molecule has 1 fully saturated rings. The smallest absolute Gasteiger partial charge is 0.414 e. The van der Waals surface area contributed by atoms with E-state index in [1.807, 2.05) is 6.07 Å². The van der Waals surface area contributed by atoms with Crippen molar-refractivity contribution in [2.75, 3.05) is 36.1 Å². The topological polar surface area (TPSA) is 79.3 Å². The number of aliphatic hydroxyl groups excluding tert-OH is 1. The third kappa shape index (κ3) is 1.93. The van der Waals surface area contributed by atoms with Gasteiger partial charge >= 0.3 is 6.09 Å². The molecule has 1 aromatic carbocycles. The molecule has 1 N–H and O–H groups in total. The summed E-state index contributed by atoms with van der Waals surface area (Å²) in [6, 6.07) is 3.68. The lowest BCUT2D eigenvalue weighted by atomic mass is 9.98. The zero-order valence-corrected chi connectivity index (χ0v) is 11.9. The van der Waals surface area contributed by atoms with Gasteiger partial charge in [-0.2, -0.15) is 0 Å². The van der Waals surface area contributed by atoms with E-state index in [1.54, 1.807) is 11.0 Å². The van der Waals surface area contributed by atoms with E-state index in [0.717, 1.165) is 24.1 Å². The van der Waals surface area contributed by atoms with Crippen LogP contribution in [0.5, 0.6) is 5.75 Å². The Morgan fingerprint density at radius 2 is 2.14 bits per heavy atom. The van der Waals surface area contributed by atoms with Crippen LogP contribution in [0, 0.1) is 0 Å². The Labute approximate surface area is 127 Å². The molecule has 7 nitrogen and oxygen atoms in total. The molecule has 22 heavy (non-hydrogen) atoms. The molecule has 0 aromatic heterocycles. The van der Waals surface area contributed by atoms with E-state index in [-0.39, 0.29) is 19.1 Å². The van der Waals surface area contributed by atoms with Gasteiger partial charge in [-0.1, -0.05) is 0 Å².